The number of rotatable bonds is 3. The second kappa shape index (κ2) is 4.75. The van der Waals surface area contributed by atoms with Gasteiger partial charge in [-0.15, -0.1) is 0 Å². The first-order chi connectivity index (χ1) is 9.51. The molecule has 1 atom stereocenters. The highest BCUT2D eigenvalue weighted by molar-refractivity contribution is 7.89. The molecule has 20 heavy (non-hydrogen) atoms. The molecule has 7 heteroatoms. The summed E-state index contributed by atoms with van der Waals surface area (Å²) in [5.41, 5.74) is 0.396. The van der Waals surface area contributed by atoms with E-state index < -0.39 is 10.0 Å². The van der Waals surface area contributed by atoms with Gasteiger partial charge in [0.2, 0.25) is 10.0 Å². The number of hydrogen-bond acceptors (Lipinski definition) is 5. The Labute approximate surface area is 117 Å². The van der Waals surface area contributed by atoms with Crippen molar-refractivity contribution in [1.82, 2.24) is 9.46 Å². The largest absolute Gasteiger partial charge is 0.468 e. The molecule has 1 unspecified atom stereocenters. The lowest BCUT2D eigenvalue weighted by Crippen LogP contribution is -2.31. The standard InChI is InChI=1S/C13H16N2O4S/c1-9-13(10(2)19-14-9)20(16,17)15-7-3-5-11(15)12-6-4-8-18-12/h4,6,8,11H,3,5,7H2,1-2H3. The summed E-state index contributed by atoms with van der Waals surface area (Å²) in [7, 11) is -3.61. The maximum atomic E-state index is 12.8. The summed E-state index contributed by atoms with van der Waals surface area (Å²) in [6, 6.07) is 3.34. The van der Waals surface area contributed by atoms with Gasteiger partial charge in [-0.3, -0.25) is 0 Å². The van der Waals surface area contributed by atoms with Crippen molar-refractivity contribution in [2.24, 2.45) is 0 Å². The Morgan fingerprint density at radius 1 is 1.40 bits per heavy atom. The zero-order chi connectivity index (χ0) is 14.3. The van der Waals surface area contributed by atoms with E-state index in [1.54, 1.807) is 26.2 Å². The second-order valence-electron chi connectivity index (χ2n) is 4.94. The minimum absolute atomic E-state index is 0.177. The molecule has 108 valence electrons. The third-order valence-electron chi connectivity index (χ3n) is 3.61. The molecular weight excluding hydrogens is 280 g/mol. The van der Waals surface area contributed by atoms with Crippen molar-refractivity contribution in [1.29, 1.82) is 0 Å². The van der Waals surface area contributed by atoms with Crippen molar-refractivity contribution >= 4 is 10.0 Å². The molecule has 1 aliphatic rings. The minimum atomic E-state index is -3.61. The molecule has 0 aliphatic carbocycles. The van der Waals surface area contributed by atoms with Gasteiger partial charge >= 0.3 is 0 Å². The zero-order valence-electron chi connectivity index (χ0n) is 11.4. The van der Waals surface area contributed by atoms with Crippen molar-refractivity contribution in [2.75, 3.05) is 6.54 Å². The van der Waals surface area contributed by atoms with E-state index in [2.05, 4.69) is 5.16 Å². The van der Waals surface area contributed by atoms with Crippen molar-refractivity contribution in [3.8, 4) is 0 Å². The first-order valence-electron chi connectivity index (χ1n) is 6.50. The molecule has 2 aromatic rings. The lowest BCUT2D eigenvalue weighted by molar-refractivity contribution is 0.338. The number of aromatic nitrogens is 1. The van der Waals surface area contributed by atoms with Gasteiger partial charge in [-0.25, -0.2) is 8.42 Å². The fraction of sp³-hybridized carbons (Fsp3) is 0.462. The van der Waals surface area contributed by atoms with E-state index in [1.165, 1.54) is 4.31 Å². The number of hydrogen-bond donors (Lipinski definition) is 0. The molecule has 0 N–H and O–H groups in total. The first-order valence-corrected chi connectivity index (χ1v) is 7.94. The molecule has 0 spiro atoms. The van der Waals surface area contributed by atoms with E-state index in [9.17, 15) is 8.42 Å². The Kier molecular flexibility index (Phi) is 3.18. The van der Waals surface area contributed by atoms with Crippen molar-refractivity contribution in [3.05, 3.63) is 35.6 Å². The highest BCUT2D eigenvalue weighted by Gasteiger charge is 2.40. The Morgan fingerprint density at radius 3 is 2.80 bits per heavy atom. The monoisotopic (exact) mass is 296 g/mol. The van der Waals surface area contributed by atoms with E-state index >= 15 is 0 Å². The van der Waals surface area contributed by atoms with Crippen molar-refractivity contribution in [3.63, 3.8) is 0 Å². The normalized spacial score (nSPS) is 20.6. The van der Waals surface area contributed by atoms with Crippen LogP contribution in [0.2, 0.25) is 0 Å². The van der Waals surface area contributed by atoms with Crippen LogP contribution in [0.15, 0.2) is 32.2 Å². The maximum absolute atomic E-state index is 12.8. The maximum Gasteiger partial charge on any atom is 0.249 e. The molecule has 1 aliphatic heterocycles. The SMILES string of the molecule is Cc1noc(C)c1S(=O)(=O)N1CCCC1c1ccco1. The van der Waals surface area contributed by atoms with Crippen LogP contribution in [-0.2, 0) is 10.0 Å². The lowest BCUT2D eigenvalue weighted by Gasteiger charge is -2.22. The third kappa shape index (κ3) is 1.97. The summed E-state index contributed by atoms with van der Waals surface area (Å²) >= 11 is 0. The Morgan fingerprint density at radius 2 is 2.20 bits per heavy atom. The van der Waals surface area contributed by atoms with E-state index in [1.807, 2.05) is 6.07 Å². The summed E-state index contributed by atoms with van der Waals surface area (Å²) in [4.78, 5) is 0.177. The van der Waals surface area contributed by atoms with Crippen molar-refractivity contribution < 1.29 is 17.4 Å². The smallest absolute Gasteiger partial charge is 0.249 e. The molecule has 3 heterocycles. The fourth-order valence-electron chi connectivity index (χ4n) is 2.75. The molecule has 1 saturated heterocycles. The Balaban J connectivity index is 2.03. The van der Waals surface area contributed by atoms with E-state index in [0.29, 0.717) is 23.8 Å². The van der Waals surface area contributed by atoms with Gasteiger partial charge in [0.05, 0.1) is 12.3 Å². The first kappa shape index (κ1) is 13.4. The average Bonchev–Trinajstić information content (AvgIpc) is 3.08. The van der Waals surface area contributed by atoms with Crippen LogP contribution in [0.5, 0.6) is 0 Å². The lowest BCUT2D eigenvalue weighted by atomic mass is 10.2. The number of aryl methyl sites for hydroxylation is 2. The van der Waals surface area contributed by atoms with Gasteiger partial charge in [-0.1, -0.05) is 5.16 Å². The van der Waals surface area contributed by atoms with Crippen molar-refractivity contribution in [2.45, 2.75) is 37.6 Å². The van der Waals surface area contributed by atoms with Crippen LogP contribution in [0.3, 0.4) is 0 Å². The summed E-state index contributed by atoms with van der Waals surface area (Å²) in [5.74, 6) is 1.01. The van der Waals surface area contributed by atoms with Gasteiger partial charge < -0.3 is 8.94 Å². The molecule has 6 nitrogen and oxygen atoms in total. The van der Waals surface area contributed by atoms with Gasteiger partial charge in [-0.05, 0) is 38.8 Å². The predicted octanol–water partition coefficient (Wildman–Crippen LogP) is 2.41. The molecule has 0 radical (unpaired) electrons. The van der Waals surface area contributed by atoms with Crippen LogP contribution in [0.4, 0.5) is 0 Å². The summed E-state index contributed by atoms with van der Waals surface area (Å²) in [6.45, 7) is 3.74. The van der Waals surface area contributed by atoms with Crippen LogP contribution in [-0.4, -0.2) is 24.4 Å². The highest BCUT2D eigenvalue weighted by Crippen LogP contribution is 2.37. The van der Waals surface area contributed by atoms with Crippen LogP contribution in [0.1, 0.15) is 36.1 Å². The van der Waals surface area contributed by atoms with Gasteiger partial charge in [0.1, 0.15) is 16.3 Å². The molecule has 1 fully saturated rings. The predicted molar refractivity (Wildman–Crippen MR) is 70.6 cm³/mol. The zero-order valence-corrected chi connectivity index (χ0v) is 12.2. The molecule has 0 saturated carbocycles. The van der Waals surface area contributed by atoms with Crippen LogP contribution in [0.25, 0.3) is 0 Å². The number of sulfonamides is 1. The topological polar surface area (TPSA) is 76.6 Å². The number of nitrogens with zero attached hydrogens (tertiary/aromatic N) is 2. The highest BCUT2D eigenvalue weighted by atomic mass is 32.2. The van der Waals surface area contributed by atoms with E-state index in [4.69, 9.17) is 8.94 Å². The average molecular weight is 296 g/mol. The van der Waals surface area contributed by atoms with E-state index in [0.717, 1.165) is 12.8 Å². The van der Waals surface area contributed by atoms with Gasteiger partial charge in [-0.2, -0.15) is 4.31 Å². The minimum Gasteiger partial charge on any atom is -0.468 e. The van der Waals surface area contributed by atoms with Crippen LogP contribution >= 0.6 is 0 Å². The van der Waals surface area contributed by atoms with Gasteiger partial charge in [0, 0.05) is 6.54 Å². The van der Waals surface area contributed by atoms with Gasteiger partial charge in [0.25, 0.3) is 0 Å². The van der Waals surface area contributed by atoms with Crippen LogP contribution < -0.4 is 0 Å². The summed E-state index contributed by atoms with van der Waals surface area (Å²) in [5, 5.41) is 3.74. The van der Waals surface area contributed by atoms with E-state index in [-0.39, 0.29) is 10.9 Å². The number of furan rings is 1. The molecule has 0 aromatic carbocycles. The molecule has 2 aromatic heterocycles. The second-order valence-corrected chi connectivity index (χ2v) is 6.77. The summed E-state index contributed by atoms with van der Waals surface area (Å²) < 4.78 is 37.5. The molecule has 0 bridgehead atoms. The van der Waals surface area contributed by atoms with Gasteiger partial charge in [0.15, 0.2) is 5.76 Å². The molecular formula is C13H16N2O4S. The quantitative estimate of drug-likeness (QED) is 0.869. The fourth-order valence-corrected chi connectivity index (χ4v) is 4.71. The molecule has 0 amide bonds. The Hall–Kier alpha value is -1.60. The molecule has 3 rings (SSSR count). The van der Waals surface area contributed by atoms with Crippen LogP contribution in [0, 0.1) is 13.8 Å². The third-order valence-corrected chi connectivity index (χ3v) is 5.76. The summed E-state index contributed by atoms with van der Waals surface area (Å²) in [6.07, 6.45) is 3.14. The Bertz CT molecular complexity index is 683.